The molecule has 2 unspecified atom stereocenters. The van der Waals surface area contributed by atoms with Crippen LogP contribution in [0, 0.1) is 5.92 Å². The highest BCUT2D eigenvalue weighted by atomic mass is 35.5. The van der Waals surface area contributed by atoms with E-state index in [1.165, 1.54) is 0 Å². The molecule has 1 aliphatic heterocycles. The molecule has 1 fully saturated rings. The summed E-state index contributed by atoms with van der Waals surface area (Å²) in [5, 5.41) is 3.86. The van der Waals surface area contributed by atoms with E-state index in [0.29, 0.717) is 23.9 Å². The van der Waals surface area contributed by atoms with Crippen LogP contribution in [0.5, 0.6) is 5.75 Å². The summed E-state index contributed by atoms with van der Waals surface area (Å²) in [6.45, 7) is 4.18. The van der Waals surface area contributed by atoms with Crippen molar-refractivity contribution in [1.82, 2.24) is 4.90 Å². The number of carbonyl (C=O) groups excluding carboxylic acids is 1. The van der Waals surface area contributed by atoms with Gasteiger partial charge in [-0.15, -0.1) is 0 Å². The lowest BCUT2D eigenvalue weighted by Gasteiger charge is -2.34. The maximum absolute atomic E-state index is 12.4. The Morgan fingerprint density at radius 2 is 2.35 bits per heavy atom. The summed E-state index contributed by atoms with van der Waals surface area (Å²) in [5.41, 5.74) is 6.78. The molecule has 2 atom stereocenters. The van der Waals surface area contributed by atoms with Gasteiger partial charge in [-0.25, -0.2) is 0 Å². The van der Waals surface area contributed by atoms with Gasteiger partial charge in [-0.2, -0.15) is 0 Å². The van der Waals surface area contributed by atoms with Crippen molar-refractivity contribution < 1.29 is 9.53 Å². The summed E-state index contributed by atoms with van der Waals surface area (Å²) >= 11 is 6.00. The Balaban J connectivity index is 1.84. The number of anilines is 1. The van der Waals surface area contributed by atoms with E-state index < -0.39 is 0 Å². The molecule has 0 aliphatic carbocycles. The van der Waals surface area contributed by atoms with E-state index in [2.05, 4.69) is 5.32 Å². The Bertz CT molecular complexity index is 537. The average molecular weight is 340 g/mol. The molecule has 0 radical (unpaired) electrons. The molecule has 0 aromatic heterocycles. The molecule has 6 heteroatoms. The van der Waals surface area contributed by atoms with Crippen LogP contribution in [0.1, 0.15) is 26.2 Å². The Labute approximate surface area is 143 Å². The van der Waals surface area contributed by atoms with Crippen molar-refractivity contribution in [2.24, 2.45) is 11.7 Å². The summed E-state index contributed by atoms with van der Waals surface area (Å²) in [4.78, 5) is 14.3. The molecule has 1 amide bonds. The number of rotatable bonds is 6. The van der Waals surface area contributed by atoms with Crippen LogP contribution in [0.4, 0.5) is 5.69 Å². The van der Waals surface area contributed by atoms with Gasteiger partial charge in [-0.3, -0.25) is 4.79 Å². The number of carbonyl (C=O) groups is 1. The van der Waals surface area contributed by atoms with Gasteiger partial charge in [-0.1, -0.05) is 11.6 Å². The number of halogens is 1. The van der Waals surface area contributed by atoms with E-state index in [1.807, 2.05) is 17.9 Å². The molecule has 23 heavy (non-hydrogen) atoms. The number of nitrogens with two attached hydrogens (primary N) is 1. The minimum Gasteiger partial charge on any atom is -0.495 e. The number of amides is 1. The SMILES string of the molecule is COc1ccc(Cl)cc1NCCC(=O)N1CCCC(C(C)N)C1. The van der Waals surface area contributed by atoms with Crippen molar-refractivity contribution in [2.45, 2.75) is 32.2 Å². The van der Waals surface area contributed by atoms with Crippen molar-refractivity contribution >= 4 is 23.2 Å². The number of nitrogens with one attached hydrogen (secondary N) is 1. The average Bonchev–Trinajstić information content (AvgIpc) is 2.55. The fourth-order valence-electron chi connectivity index (χ4n) is 2.95. The minimum absolute atomic E-state index is 0.138. The molecule has 2 rings (SSSR count). The molecule has 0 spiro atoms. The first-order valence-electron chi connectivity index (χ1n) is 8.12. The topological polar surface area (TPSA) is 67.6 Å². The van der Waals surface area contributed by atoms with Crippen molar-refractivity contribution in [1.29, 1.82) is 0 Å². The Kier molecular flexibility index (Phi) is 6.54. The summed E-state index contributed by atoms with van der Waals surface area (Å²) < 4.78 is 5.28. The highest BCUT2D eigenvalue weighted by molar-refractivity contribution is 6.30. The van der Waals surface area contributed by atoms with Crippen molar-refractivity contribution in [3.63, 3.8) is 0 Å². The van der Waals surface area contributed by atoms with Crippen molar-refractivity contribution in [2.75, 3.05) is 32.1 Å². The molecule has 3 N–H and O–H groups in total. The molecule has 1 aromatic rings. The van der Waals surface area contributed by atoms with Gasteiger partial charge in [0.1, 0.15) is 5.75 Å². The largest absolute Gasteiger partial charge is 0.495 e. The monoisotopic (exact) mass is 339 g/mol. The zero-order chi connectivity index (χ0) is 16.8. The van der Waals surface area contributed by atoms with E-state index in [0.717, 1.165) is 37.4 Å². The van der Waals surface area contributed by atoms with Crippen LogP contribution in [0.2, 0.25) is 5.02 Å². The van der Waals surface area contributed by atoms with Gasteiger partial charge in [-0.05, 0) is 43.9 Å². The second kappa shape index (κ2) is 8.41. The first-order chi connectivity index (χ1) is 11.0. The second-order valence-corrected chi connectivity index (χ2v) is 6.56. The summed E-state index contributed by atoms with van der Waals surface area (Å²) in [7, 11) is 1.61. The lowest BCUT2D eigenvalue weighted by molar-refractivity contribution is -0.132. The molecule has 128 valence electrons. The third kappa shape index (κ3) is 5.01. The molecule has 0 saturated carbocycles. The van der Waals surface area contributed by atoms with Crippen LogP contribution in [0.15, 0.2) is 18.2 Å². The van der Waals surface area contributed by atoms with Crippen LogP contribution in [-0.2, 0) is 4.79 Å². The first-order valence-corrected chi connectivity index (χ1v) is 8.50. The maximum atomic E-state index is 12.4. The number of likely N-dealkylation sites (tertiary alicyclic amines) is 1. The zero-order valence-electron chi connectivity index (χ0n) is 13.8. The first kappa shape index (κ1) is 17.9. The Hall–Kier alpha value is -1.46. The molecule has 1 aliphatic rings. The number of piperidine rings is 1. The van der Waals surface area contributed by atoms with Gasteiger partial charge >= 0.3 is 0 Å². The normalized spacial score (nSPS) is 19.3. The molecule has 1 aromatic carbocycles. The minimum atomic E-state index is 0.138. The zero-order valence-corrected chi connectivity index (χ0v) is 14.6. The quantitative estimate of drug-likeness (QED) is 0.836. The number of benzene rings is 1. The maximum Gasteiger partial charge on any atom is 0.224 e. The number of nitrogens with zero attached hydrogens (tertiary/aromatic N) is 1. The fraction of sp³-hybridized carbons (Fsp3) is 0.588. The second-order valence-electron chi connectivity index (χ2n) is 6.12. The third-order valence-corrected chi connectivity index (χ3v) is 4.61. The van der Waals surface area contributed by atoms with E-state index in [-0.39, 0.29) is 11.9 Å². The van der Waals surface area contributed by atoms with Crippen LogP contribution in [0.25, 0.3) is 0 Å². The van der Waals surface area contributed by atoms with Gasteiger partial charge in [0.2, 0.25) is 5.91 Å². The Morgan fingerprint density at radius 3 is 3.04 bits per heavy atom. The highest BCUT2D eigenvalue weighted by Crippen LogP contribution is 2.27. The van der Waals surface area contributed by atoms with Crippen molar-refractivity contribution in [3.05, 3.63) is 23.2 Å². The van der Waals surface area contributed by atoms with E-state index in [4.69, 9.17) is 22.1 Å². The third-order valence-electron chi connectivity index (χ3n) is 4.37. The number of methoxy groups -OCH3 is 1. The van der Waals surface area contributed by atoms with Gasteiger partial charge in [0.15, 0.2) is 0 Å². The van der Waals surface area contributed by atoms with Crippen LogP contribution in [0.3, 0.4) is 0 Å². The van der Waals surface area contributed by atoms with Gasteiger partial charge in [0.25, 0.3) is 0 Å². The standard InChI is InChI=1S/C17H26ClN3O2/c1-12(19)13-4-3-9-21(11-13)17(22)7-8-20-15-10-14(18)5-6-16(15)23-2/h5-6,10,12-13,20H,3-4,7-9,11,19H2,1-2H3. The summed E-state index contributed by atoms with van der Waals surface area (Å²) in [6, 6.07) is 5.53. The van der Waals surface area contributed by atoms with Gasteiger partial charge < -0.3 is 20.7 Å². The molecular weight excluding hydrogens is 314 g/mol. The smallest absolute Gasteiger partial charge is 0.224 e. The molecule has 1 saturated heterocycles. The predicted octanol–water partition coefficient (Wildman–Crippen LogP) is 2.74. The molecule has 5 nitrogen and oxygen atoms in total. The van der Waals surface area contributed by atoms with Crippen LogP contribution < -0.4 is 15.8 Å². The molecule has 0 bridgehead atoms. The predicted molar refractivity (Wildman–Crippen MR) is 94.1 cm³/mol. The Morgan fingerprint density at radius 1 is 1.57 bits per heavy atom. The van der Waals surface area contributed by atoms with E-state index >= 15 is 0 Å². The fourth-order valence-corrected chi connectivity index (χ4v) is 3.12. The summed E-state index contributed by atoms with van der Waals surface area (Å²) in [6.07, 6.45) is 2.59. The van der Waals surface area contributed by atoms with Crippen LogP contribution in [-0.4, -0.2) is 43.6 Å². The highest BCUT2D eigenvalue weighted by Gasteiger charge is 2.25. The summed E-state index contributed by atoms with van der Waals surface area (Å²) in [5.74, 6) is 1.30. The van der Waals surface area contributed by atoms with Gasteiger partial charge in [0.05, 0.1) is 12.8 Å². The molecule has 1 heterocycles. The number of hydrogen-bond acceptors (Lipinski definition) is 4. The number of hydrogen-bond donors (Lipinski definition) is 2. The molecular formula is C17H26ClN3O2. The van der Waals surface area contributed by atoms with Crippen LogP contribution >= 0.6 is 11.6 Å². The number of ether oxygens (including phenoxy) is 1. The lowest BCUT2D eigenvalue weighted by Crippen LogP contribution is -2.45. The van der Waals surface area contributed by atoms with Gasteiger partial charge in [0, 0.05) is 37.1 Å². The van der Waals surface area contributed by atoms with Crippen molar-refractivity contribution in [3.8, 4) is 5.75 Å². The van der Waals surface area contributed by atoms with E-state index in [1.54, 1.807) is 19.2 Å². The lowest BCUT2D eigenvalue weighted by atomic mass is 9.92. The van der Waals surface area contributed by atoms with E-state index in [9.17, 15) is 4.79 Å².